The van der Waals surface area contributed by atoms with Gasteiger partial charge in [0.25, 0.3) is 11.5 Å². The standard InChI is InChI=1S/C8H10ClFN2O2/c9-5(10)6(13)12-3-8(4-12)1-2-11-7(8)14/h5H,1-4H2,(H,11,14). The van der Waals surface area contributed by atoms with Crippen LogP contribution in [0.3, 0.4) is 0 Å². The van der Waals surface area contributed by atoms with Crippen LogP contribution in [0.4, 0.5) is 4.39 Å². The second-order valence-electron chi connectivity index (χ2n) is 3.78. The van der Waals surface area contributed by atoms with E-state index in [1.165, 1.54) is 4.90 Å². The molecule has 1 atom stereocenters. The normalized spacial score (nSPS) is 25.9. The van der Waals surface area contributed by atoms with Crippen molar-refractivity contribution in [3.63, 3.8) is 0 Å². The Balaban J connectivity index is 1.96. The van der Waals surface area contributed by atoms with E-state index in [1.807, 2.05) is 0 Å². The summed E-state index contributed by atoms with van der Waals surface area (Å²) in [6.45, 7) is 1.23. The van der Waals surface area contributed by atoms with Crippen molar-refractivity contribution in [3.05, 3.63) is 0 Å². The molecule has 1 spiro atoms. The molecule has 2 heterocycles. The largest absolute Gasteiger partial charge is 0.355 e. The van der Waals surface area contributed by atoms with Crippen molar-refractivity contribution in [3.8, 4) is 0 Å². The van der Waals surface area contributed by atoms with Gasteiger partial charge in [0.15, 0.2) is 0 Å². The molecule has 78 valence electrons. The van der Waals surface area contributed by atoms with E-state index in [0.717, 1.165) is 6.42 Å². The lowest BCUT2D eigenvalue weighted by Crippen LogP contribution is -2.62. The number of hydrogen-bond acceptors (Lipinski definition) is 2. The van der Waals surface area contributed by atoms with Crippen LogP contribution < -0.4 is 5.32 Å². The molecule has 0 aromatic rings. The van der Waals surface area contributed by atoms with Gasteiger partial charge in [0.1, 0.15) is 0 Å². The van der Waals surface area contributed by atoms with E-state index in [2.05, 4.69) is 5.32 Å². The molecule has 0 radical (unpaired) electrons. The first kappa shape index (κ1) is 9.71. The highest BCUT2D eigenvalue weighted by Crippen LogP contribution is 2.37. The lowest BCUT2D eigenvalue weighted by Gasteiger charge is -2.45. The van der Waals surface area contributed by atoms with Gasteiger partial charge >= 0.3 is 0 Å². The SMILES string of the molecule is O=C(C(F)Cl)N1CC2(CCNC2=O)C1. The highest BCUT2D eigenvalue weighted by atomic mass is 35.5. The topological polar surface area (TPSA) is 49.4 Å². The van der Waals surface area contributed by atoms with Crippen molar-refractivity contribution >= 4 is 23.4 Å². The van der Waals surface area contributed by atoms with Crippen LogP contribution in [0, 0.1) is 5.41 Å². The van der Waals surface area contributed by atoms with Gasteiger partial charge in [-0.05, 0) is 6.42 Å². The van der Waals surface area contributed by atoms with Crippen LogP contribution in [0.15, 0.2) is 0 Å². The van der Waals surface area contributed by atoms with Gasteiger partial charge in [-0.25, -0.2) is 4.39 Å². The van der Waals surface area contributed by atoms with Gasteiger partial charge in [0, 0.05) is 19.6 Å². The van der Waals surface area contributed by atoms with E-state index in [-0.39, 0.29) is 5.91 Å². The van der Waals surface area contributed by atoms with Crippen LogP contribution in [0.5, 0.6) is 0 Å². The maximum Gasteiger partial charge on any atom is 0.272 e. The van der Waals surface area contributed by atoms with Crippen LogP contribution in [-0.2, 0) is 9.59 Å². The summed E-state index contributed by atoms with van der Waals surface area (Å²) < 4.78 is 12.4. The van der Waals surface area contributed by atoms with Gasteiger partial charge < -0.3 is 10.2 Å². The van der Waals surface area contributed by atoms with Crippen molar-refractivity contribution in [2.75, 3.05) is 19.6 Å². The van der Waals surface area contributed by atoms with E-state index in [4.69, 9.17) is 11.6 Å². The lowest BCUT2D eigenvalue weighted by molar-refractivity contribution is -0.152. The van der Waals surface area contributed by atoms with Crippen LogP contribution in [-0.4, -0.2) is 42.0 Å². The first-order valence-electron chi connectivity index (χ1n) is 4.40. The maximum absolute atomic E-state index is 12.4. The Hall–Kier alpha value is -0.840. The van der Waals surface area contributed by atoms with Gasteiger partial charge in [-0.15, -0.1) is 0 Å². The monoisotopic (exact) mass is 220 g/mol. The molecular weight excluding hydrogens is 211 g/mol. The Morgan fingerprint density at radius 1 is 1.64 bits per heavy atom. The quantitative estimate of drug-likeness (QED) is 0.626. The molecule has 2 rings (SSSR count). The van der Waals surface area contributed by atoms with Crippen molar-refractivity contribution in [2.24, 2.45) is 5.41 Å². The zero-order valence-corrected chi connectivity index (χ0v) is 8.18. The van der Waals surface area contributed by atoms with Gasteiger partial charge in [-0.3, -0.25) is 9.59 Å². The molecule has 2 aliphatic heterocycles. The number of nitrogens with zero attached hydrogens (tertiary/aromatic N) is 1. The summed E-state index contributed by atoms with van der Waals surface area (Å²) in [4.78, 5) is 23.7. The fourth-order valence-electron chi connectivity index (χ4n) is 2.00. The molecule has 0 aliphatic carbocycles. The van der Waals surface area contributed by atoms with Gasteiger partial charge in [0.2, 0.25) is 5.91 Å². The number of halogens is 2. The van der Waals surface area contributed by atoms with E-state index >= 15 is 0 Å². The molecule has 1 N–H and O–H groups in total. The second kappa shape index (κ2) is 3.08. The third kappa shape index (κ3) is 1.27. The highest BCUT2D eigenvalue weighted by Gasteiger charge is 2.53. The first-order chi connectivity index (χ1) is 6.55. The van der Waals surface area contributed by atoms with E-state index in [0.29, 0.717) is 19.6 Å². The molecule has 1 unspecified atom stereocenters. The van der Waals surface area contributed by atoms with Crippen molar-refractivity contribution in [1.82, 2.24) is 10.2 Å². The average Bonchev–Trinajstić information content (AvgIpc) is 2.43. The minimum atomic E-state index is -1.99. The molecule has 2 aliphatic rings. The van der Waals surface area contributed by atoms with Crippen LogP contribution >= 0.6 is 11.6 Å². The Morgan fingerprint density at radius 2 is 2.29 bits per heavy atom. The van der Waals surface area contributed by atoms with Crippen molar-refractivity contribution < 1.29 is 14.0 Å². The summed E-state index contributed by atoms with van der Waals surface area (Å²) in [5, 5.41) is 2.70. The number of carbonyl (C=O) groups is 2. The maximum atomic E-state index is 12.4. The fraction of sp³-hybridized carbons (Fsp3) is 0.750. The zero-order chi connectivity index (χ0) is 10.3. The molecule has 2 saturated heterocycles. The summed E-state index contributed by atoms with van der Waals surface area (Å²) in [5.41, 5.74) is -2.45. The van der Waals surface area contributed by atoms with Gasteiger partial charge in [-0.2, -0.15) is 0 Å². The summed E-state index contributed by atoms with van der Waals surface area (Å²) in [6, 6.07) is 0. The predicted octanol–water partition coefficient (Wildman–Crippen LogP) is -0.131. The molecule has 0 saturated carbocycles. The molecule has 2 fully saturated rings. The first-order valence-corrected chi connectivity index (χ1v) is 4.84. The number of nitrogens with one attached hydrogen (secondary N) is 1. The Labute approximate surface area is 85.4 Å². The average molecular weight is 221 g/mol. The van der Waals surface area contributed by atoms with Crippen LogP contribution in [0.1, 0.15) is 6.42 Å². The third-order valence-electron chi connectivity index (χ3n) is 2.86. The zero-order valence-electron chi connectivity index (χ0n) is 7.43. The third-order valence-corrected chi connectivity index (χ3v) is 3.04. The van der Waals surface area contributed by atoms with Crippen molar-refractivity contribution in [2.45, 2.75) is 12.1 Å². The van der Waals surface area contributed by atoms with Gasteiger partial charge in [0.05, 0.1) is 5.41 Å². The number of likely N-dealkylation sites (tertiary alicyclic amines) is 1. The Bertz CT molecular complexity index is 289. The highest BCUT2D eigenvalue weighted by molar-refractivity contribution is 6.29. The molecule has 14 heavy (non-hydrogen) atoms. The smallest absolute Gasteiger partial charge is 0.272 e. The Morgan fingerprint density at radius 3 is 2.71 bits per heavy atom. The molecule has 2 amide bonds. The Kier molecular flexibility index (Phi) is 2.14. The number of alkyl halides is 2. The summed E-state index contributed by atoms with van der Waals surface area (Å²) in [7, 11) is 0. The summed E-state index contributed by atoms with van der Waals surface area (Å²) >= 11 is 5.01. The number of amides is 2. The van der Waals surface area contributed by atoms with Crippen LogP contribution in [0.25, 0.3) is 0 Å². The second-order valence-corrected chi connectivity index (χ2v) is 4.16. The molecule has 6 heteroatoms. The number of rotatable bonds is 1. The molecule has 0 aromatic heterocycles. The summed E-state index contributed by atoms with van der Waals surface area (Å²) in [6.07, 6.45) is 0.717. The minimum Gasteiger partial charge on any atom is -0.355 e. The van der Waals surface area contributed by atoms with Crippen molar-refractivity contribution in [1.29, 1.82) is 0 Å². The number of carbonyl (C=O) groups excluding carboxylic acids is 2. The fourth-order valence-corrected chi connectivity index (χ4v) is 2.13. The lowest BCUT2D eigenvalue weighted by atomic mass is 9.78. The van der Waals surface area contributed by atoms with Gasteiger partial charge in [-0.1, -0.05) is 11.6 Å². The number of hydrogen-bond donors (Lipinski definition) is 1. The molecular formula is C8H10ClFN2O2. The van der Waals surface area contributed by atoms with E-state index in [1.54, 1.807) is 0 Å². The molecule has 0 aromatic carbocycles. The molecule has 4 nitrogen and oxygen atoms in total. The van der Waals surface area contributed by atoms with Crippen LogP contribution in [0.2, 0.25) is 0 Å². The predicted molar refractivity (Wildman–Crippen MR) is 47.4 cm³/mol. The van der Waals surface area contributed by atoms with E-state index in [9.17, 15) is 14.0 Å². The summed E-state index contributed by atoms with van der Waals surface area (Å²) in [5.74, 6) is -0.775. The van der Waals surface area contributed by atoms with E-state index < -0.39 is 17.0 Å². The molecule has 0 bridgehead atoms. The minimum absolute atomic E-state index is 0.0356.